The fourth-order valence-corrected chi connectivity index (χ4v) is 4.67. The highest BCUT2D eigenvalue weighted by Crippen LogP contribution is 2.28. The van der Waals surface area contributed by atoms with Gasteiger partial charge >= 0.3 is 0 Å². The summed E-state index contributed by atoms with van der Waals surface area (Å²) in [7, 11) is -3.65. The van der Waals surface area contributed by atoms with E-state index >= 15 is 0 Å². The van der Waals surface area contributed by atoms with Gasteiger partial charge in [0.1, 0.15) is 0 Å². The summed E-state index contributed by atoms with van der Waals surface area (Å²) in [5.41, 5.74) is 4.11. The lowest BCUT2D eigenvalue weighted by Crippen LogP contribution is -2.23. The van der Waals surface area contributed by atoms with Crippen molar-refractivity contribution in [3.05, 3.63) is 71.3 Å². The summed E-state index contributed by atoms with van der Waals surface area (Å²) >= 11 is 0. The van der Waals surface area contributed by atoms with Gasteiger partial charge in [0.25, 0.3) is 10.0 Å². The molecule has 136 valence electrons. The molecule has 3 aromatic rings. The molecule has 1 aliphatic rings. The van der Waals surface area contributed by atoms with Crippen molar-refractivity contribution in [2.24, 2.45) is 0 Å². The van der Waals surface area contributed by atoms with E-state index in [4.69, 9.17) is 0 Å². The van der Waals surface area contributed by atoms with Gasteiger partial charge in [-0.3, -0.25) is 4.72 Å². The molecule has 2 N–H and O–H groups in total. The minimum Gasteiger partial charge on any atom is -0.312 e. The normalized spacial score (nSPS) is 13.7. The number of hydrogen-bond donors (Lipinski definition) is 2. The lowest BCUT2D eigenvalue weighted by atomic mass is 10.0. The second-order valence-corrected chi connectivity index (χ2v) is 8.09. The molecule has 0 fully saturated rings. The number of anilines is 1. The van der Waals surface area contributed by atoms with Gasteiger partial charge in [0.05, 0.1) is 4.90 Å². The largest absolute Gasteiger partial charge is 0.312 e. The molecule has 0 atom stereocenters. The van der Waals surface area contributed by atoms with Gasteiger partial charge in [-0.2, -0.15) is 0 Å². The van der Waals surface area contributed by atoms with Crippen LogP contribution in [0.15, 0.2) is 59.5 Å². The van der Waals surface area contributed by atoms with E-state index in [9.17, 15) is 8.42 Å². The highest BCUT2D eigenvalue weighted by atomic mass is 35.5. The molecule has 3 aromatic carbocycles. The van der Waals surface area contributed by atoms with Crippen LogP contribution in [0.2, 0.25) is 0 Å². The highest BCUT2D eigenvalue weighted by Gasteiger charge is 2.19. The van der Waals surface area contributed by atoms with Crippen molar-refractivity contribution >= 4 is 38.9 Å². The summed E-state index contributed by atoms with van der Waals surface area (Å²) in [5.74, 6) is 0. The molecular formula is C20H21ClN2O2S. The number of nitrogens with one attached hydrogen (secondary N) is 2. The van der Waals surface area contributed by atoms with Crippen molar-refractivity contribution in [3.8, 4) is 0 Å². The molecule has 0 aliphatic carbocycles. The van der Waals surface area contributed by atoms with Crippen LogP contribution >= 0.6 is 12.4 Å². The number of rotatable bonds is 3. The van der Waals surface area contributed by atoms with E-state index in [-0.39, 0.29) is 12.4 Å². The van der Waals surface area contributed by atoms with Gasteiger partial charge in [-0.05, 0) is 60.2 Å². The third-order valence-electron chi connectivity index (χ3n) is 4.74. The van der Waals surface area contributed by atoms with E-state index < -0.39 is 10.0 Å². The first-order valence-corrected chi connectivity index (χ1v) is 9.87. The predicted molar refractivity (Wildman–Crippen MR) is 109 cm³/mol. The van der Waals surface area contributed by atoms with Crippen LogP contribution in [0.1, 0.15) is 16.7 Å². The number of aryl methyl sites for hydroxylation is 1. The minimum absolute atomic E-state index is 0. The van der Waals surface area contributed by atoms with Crippen LogP contribution in [0.3, 0.4) is 0 Å². The number of fused-ring (bicyclic) bond motifs is 2. The Morgan fingerprint density at radius 3 is 2.54 bits per heavy atom. The Kier molecular flexibility index (Phi) is 5.23. The standard InChI is InChI=1S/C20H20N2O2S.ClH/c1-14-6-9-20(19-5-3-2-4-18(14)19)25(23,24)22-17-8-7-16-13-21-11-10-15(16)12-17;/h2-9,12,21-22H,10-11,13H2,1H3;1H. The Morgan fingerprint density at radius 1 is 0.962 bits per heavy atom. The SMILES string of the molecule is Cc1ccc(S(=O)(=O)Nc2ccc3c(c2)CCNC3)c2ccccc12.Cl. The van der Waals surface area contributed by atoms with E-state index in [0.29, 0.717) is 10.6 Å². The monoisotopic (exact) mass is 388 g/mol. The molecule has 0 bridgehead atoms. The number of hydrogen-bond acceptors (Lipinski definition) is 3. The van der Waals surface area contributed by atoms with Gasteiger partial charge in [-0.1, -0.05) is 36.4 Å². The van der Waals surface area contributed by atoms with Crippen molar-refractivity contribution in [3.63, 3.8) is 0 Å². The summed E-state index contributed by atoms with van der Waals surface area (Å²) in [4.78, 5) is 0.313. The molecule has 0 saturated heterocycles. The first-order chi connectivity index (χ1) is 12.0. The van der Waals surface area contributed by atoms with Gasteiger partial charge in [-0.15, -0.1) is 12.4 Å². The Morgan fingerprint density at radius 2 is 1.73 bits per heavy atom. The van der Waals surface area contributed by atoms with Crippen molar-refractivity contribution < 1.29 is 8.42 Å². The topological polar surface area (TPSA) is 58.2 Å². The van der Waals surface area contributed by atoms with Crippen molar-refractivity contribution in [2.75, 3.05) is 11.3 Å². The lowest BCUT2D eigenvalue weighted by molar-refractivity contribution is 0.602. The smallest absolute Gasteiger partial charge is 0.262 e. The molecule has 4 nitrogen and oxygen atoms in total. The fourth-order valence-electron chi connectivity index (χ4n) is 3.41. The van der Waals surface area contributed by atoms with Crippen molar-refractivity contribution in [1.29, 1.82) is 0 Å². The quantitative estimate of drug-likeness (QED) is 0.712. The van der Waals surface area contributed by atoms with Crippen LogP contribution in [-0.4, -0.2) is 15.0 Å². The zero-order valence-corrected chi connectivity index (χ0v) is 16.1. The van der Waals surface area contributed by atoms with Crippen LogP contribution in [0.4, 0.5) is 5.69 Å². The maximum atomic E-state index is 13.0. The Balaban J connectivity index is 0.00000196. The minimum atomic E-state index is -3.65. The molecular weight excluding hydrogens is 368 g/mol. The molecule has 4 rings (SSSR count). The van der Waals surface area contributed by atoms with Crippen LogP contribution in [0.25, 0.3) is 10.8 Å². The molecule has 0 saturated carbocycles. The van der Waals surface area contributed by atoms with Crippen molar-refractivity contribution in [2.45, 2.75) is 24.8 Å². The molecule has 0 aromatic heterocycles. The molecule has 0 spiro atoms. The molecule has 26 heavy (non-hydrogen) atoms. The second kappa shape index (κ2) is 7.27. The zero-order valence-electron chi connectivity index (χ0n) is 14.5. The fraction of sp³-hybridized carbons (Fsp3) is 0.200. The van der Waals surface area contributed by atoms with E-state index in [0.717, 1.165) is 35.8 Å². The van der Waals surface area contributed by atoms with Crippen LogP contribution in [0.5, 0.6) is 0 Å². The lowest BCUT2D eigenvalue weighted by Gasteiger charge is -2.18. The Labute approximate surface area is 160 Å². The Bertz CT molecular complexity index is 1060. The summed E-state index contributed by atoms with van der Waals surface area (Å²) in [6.07, 6.45) is 0.915. The average Bonchev–Trinajstić information content (AvgIpc) is 2.61. The second-order valence-electron chi connectivity index (χ2n) is 6.44. The van der Waals surface area contributed by atoms with Crippen LogP contribution in [0, 0.1) is 6.92 Å². The number of benzene rings is 3. The van der Waals surface area contributed by atoms with E-state index in [1.807, 2.05) is 55.5 Å². The Hall–Kier alpha value is -2.08. The highest BCUT2D eigenvalue weighted by molar-refractivity contribution is 7.93. The summed E-state index contributed by atoms with van der Waals surface area (Å²) < 4.78 is 28.7. The van der Waals surface area contributed by atoms with Gasteiger partial charge in [-0.25, -0.2) is 8.42 Å². The van der Waals surface area contributed by atoms with Gasteiger partial charge < -0.3 is 5.32 Å². The molecule has 0 unspecified atom stereocenters. The first kappa shape index (κ1) is 18.7. The zero-order chi connectivity index (χ0) is 17.4. The van der Waals surface area contributed by atoms with E-state index in [1.165, 1.54) is 11.1 Å². The molecule has 0 radical (unpaired) electrons. The number of sulfonamides is 1. The summed E-state index contributed by atoms with van der Waals surface area (Å²) in [5, 5.41) is 5.03. The van der Waals surface area contributed by atoms with E-state index in [2.05, 4.69) is 10.0 Å². The summed E-state index contributed by atoms with van der Waals surface area (Å²) in [6, 6.07) is 16.9. The van der Waals surface area contributed by atoms with Crippen molar-refractivity contribution in [1.82, 2.24) is 5.32 Å². The number of halogens is 1. The van der Waals surface area contributed by atoms with E-state index in [1.54, 1.807) is 6.07 Å². The maximum absolute atomic E-state index is 13.0. The van der Waals surface area contributed by atoms with Crippen LogP contribution < -0.4 is 10.0 Å². The van der Waals surface area contributed by atoms with Gasteiger partial charge in [0.15, 0.2) is 0 Å². The van der Waals surface area contributed by atoms with Crippen LogP contribution in [-0.2, 0) is 23.0 Å². The van der Waals surface area contributed by atoms with Gasteiger partial charge in [0, 0.05) is 17.6 Å². The molecule has 1 heterocycles. The average molecular weight is 389 g/mol. The first-order valence-electron chi connectivity index (χ1n) is 8.38. The molecule has 6 heteroatoms. The molecule has 0 amide bonds. The van der Waals surface area contributed by atoms with Gasteiger partial charge in [0.2, 0.25) is 0 Å². The maximum Gasteiger partial charge on any atom is 0.262 e. The third-order valence-corrected chi connectivity index (χ3v) is 6.18. The summed E-state index contributed by atoms with van der Waals surface area (Å²) in [6.45, 7) is 3.75. The third kappa shape index (κ3) is 3.43. The molecule has 1 aliphatic heterocycles. The predicted octanol–water partition coefficient (Wildman–Crippen LogP) is 4.02.